The molecule has 108 valence electrons. The Bertz CT molecular complexity index is 499. The quantitative estimate of drug-likeness (QED) is 0.635. The summed E-state index contributed by atoms with van der Waals surface area (Å²) in [4.78, 5) is 22.8. The van der Waals surface area contributed by atoms with Gasteiger partial charge in [-0.05, 0) is 43.5 Å². The minimum atomic E-state index is -0.196. The SMILES string of the molecule is CCOC(=O)CCCOc1ccc2c(c1)CCNC2=O. The highest BCUT2D eigenvalue weighted by molar-refractivity contribution is 5.96. The zero-order chi connectivity index (χ0) is 14.4. The van der Waals surface area contributed by atoms with E-state index in [1.165, 1.54) is 0 Å². The number of carbonyl (C=O) groups excluding carboxylic acids is 2. The van der Waals surface area contributed by atoms with E-state index in [4.69, 9.17) is 9.47 Å². The molecule has 1 heterocycles. The van der Waals surface area contributed by atoms with Crippen LogP contribution in [0, 0.1) is 0 Å². The highest BCUT2D eigenvalue weighted by Crippen LogP contribution is 2.20. The number of fused-ring (bicyclic) bond motifs is 1. The van der Waals surface area contributed by atoms with Gasteiger partial charge in [0.1, 0.15) is 5.75 Å². The molecule has 0 aliphatic carbocycles. The lowest BCUT2D eigenvalue weighted by Gasteiger charge is -2.17. The van der Waals surface area contributed by atoms with E-state index in [1.807, 2.05) is 6.07 Å². The third-order valence-electron chi connectivity index (χ3n) is 3.10. The van der Waals surface area contributed by atoms with Crippen LogP contribution in [0.25, 0.3) is 0 Å². The fraction of sp³-hybridized carbons (Fsp3) is 0.467. The van der Waals surface area contributed by atoms with Gasteiger partial charge in [-0.1, -0.05) is 0 Å². The molecule has 1 amide bonds. The first-order chi connectivity index (χ1) is 9.70. The molecule has 0 atom stereocenters. The van der Waals surface area contributed by atoms with E-state index in [0.717, 1.165) is 23.3 Å². The van der Waals surface area contributed by atoms with E-state index >= 15 is 0 Å². The number of hydrogen-bond acceptors (Lipinski definition) is 4. The van der Waals surface area contributed by atoms with Crippen LogP contribution in [0.15, 0.2) is 18.2 Å². The average Bonchev–Trinajstić information content (AvgIpc) is 2.44. The van der Waals surface area contributed by atoms with E-state index in [2.05, 4.69) is 5.32 Å². The molecule has 1 aliphatic rings. The first-order valence-corrected chi connectivity index (χ1v) is 6.90. The Labute approximate surface area is 118 Å². The average molecular weight is 277 g/mol. The molecule has 0 radical (unpaired) electrons. The van der Waals surface area contributed by atoms with Gasteiger partial charge in [0.15, 0.2) is 0 Å². The second-order valence-corrected chi connectivity index (χ2v) is 4.58. The van der Waals surface area contributed by atoms with Gasteiger partial charge in [0, 0.05) is 18.5 Å². The standard InChI is InChI=1S/C15H19NO4/c1-2-19-14(17)4-3-9-20-12-5-6-13-11(10-12)7-8-16-15(13)18/h5-6,10H,2-4,7-9H2,1H3,(H,16,18). The Hall–Kier alpha value is -2.04. The molecule has 1 aliphatic heterocycles. The first-order valence-electron chi connectivity index (χ1n) is 6.90. The predicted octanol–water partition coefficient (Wildman–Crippen LogP) is 1.69. The maximum atomic E-state index is 11.6. The second-order valence-electron chi connectivity index (χ2n) is 4.58. The molecule has 2 rings (SSSR count). The van der Waals surface area contributed by atoms with Crippen molar-refractivity contribution in [2.75, 3.05) is 19.8 Å². The molecule has 0 bridgehead atoms. The summed E-state index contributed by atoms with van der Waals surface area (Å²) in [5.41, 5.74) is 1.73. The number of benzene rings is 1. The molecule has 0 saturated heterocycles. The molecule has 0 aromatic heterocycles. The third kappa shape index (κ3) is 3.73. The minimum absolute atomic E-state index is 0.0277. The van der Waals surface area contributed by atoms with E-state index in [1.54, 1.807) is 19.1 Å². The van der Waals surface area contributed by atoms with Gasteiger partial charge < -0.3 is 14.8 Å². The van der Waals surface area contributed by atoms with E-state index in [9.17, 15) is 9.59 Å². The van der Waals surface area contributed by atoms with Crippen molar-refractivity contribution in [3.63, 3.8) is 0 Å². The largest absolute Gasteiger partial charge is 0.494 e. The normalized spacial score (nSPS) is 13.3. The summed E-state index contributed by atoms with van der Waals surface area (Å²) >= 11 is 0. The Kier molecular flexibility index (Phi) is 4.98. The minimum Gasteiger partial charge on any atom is -0.494 e. The lowest BCUT2D eigenvalue weighted by molar-refractivity contribution is -0.143. The zero-order valence-corrected chi connectivity index (χ0v) is 11.6. The number of esters is 1. The molecule has 5 heteroatoms. The highest BCUT2D eigenvalue weighted by Gasteiger charge is 2.16. The number of hydrogen-bond donors (Lipinski definition) is 1. The van der Waals surface area contributed by atoms with Crippen molar-refractivity contribution in [2.45, 2.75) is 26.2 Å². The van der Waals surface area contributed by atoms with Crippen molar-refractivity contribution in [3.8, 4) is 5.75 Å². The lowest BCUT2D eigenvalue weighted by Crippen LogP contribution is -2.31. The lowest BCUT2D eigenvalue weighted by atomic mass is 10.0. The van der Waals surface area contributed by atoms with Crippen LogP contribution >= 0.6 is 0 Å². The molecule has 0 unspecified atom stereocenters. The fourth-order valence-corrected chi connectivity index (χ4v) is 2.13. The van der Waals surface area contributed by atoms with Crippen molar-refractivity contribution in [3.05, 3.63) is 29.3 Å². The van der Waals surface area contributed by atoms with E-state index in [-0.39, 0.29) is 11.9 Å². The summed E-state index contributed by atoms with van der Waals surface area (Å²) in [6, 6.07) is 5.47. The van der Waals surface area contributed by atoms with Gasteiger partial charge in [-0.3, -0.25) is 9.59 Å². The highest BCUT2D eigenvalue weighted by atomic mass is 16.5. The second kappa shape index (κ2) is 6.93. The van der Waals surface area contributed by atoms with Crippen LogP contribution in [0.4, 0.5) is 0 Å². The summed E-state index contributed by atoms with van der Waals surface area (Å²) in [5, 5.41) is 2.80. The van der Waals surface area contributed by atoms with Crippen molar-refractivity contribution in [2.24, 2.45) is 0 Å². The van der Waals surface area contributed by atoms with Crippen LogP contribution in [0.5, 0.6) is 5.75 Å². The van der Waals surface area contributed by atoms with Crippen LogP contribution in [-0.4, -0.2) is 31.6 Å². The summed E-state index contributed by atoms with van der Waals surface area (Å²) < 4.78 is 10.4. The summed E-state index contributed by atoms with van der Waals surface area (Å²) in [6.45, 7) is 3.33. The van der Waals surface area contributed by atoms with Gasteiger partial charge in [-0.2, -0.15) is 0 Å². The number of carbonyl (C=O) groups is 2. The van der Waals surface area contributed by atoms with Crippen LogP contribution < -0.4 is 10.1 Å². The number of rotatable bonds is 6. The molecule has 1 aromatic carbocycles. The number of amides is 1. The zero-order valence-electron chi connectivity index (χ0n) is 11.6. The molecule has 1 aromatic rings. The van der Waals surface area contributed by atoms with Crippen molar-refractivity contribution in [1.82, 2.24) is 5.32 Å². The summed E-state index contributed by atoms with van der Waals surface area (Å²) in [7, 11) is 0. The van der Waals surface area contributed by atoms with Crippen molar-refractivity contribution < 1.29 is 19.1 Å². The van der Waals surface area contributed by atoms with E-state index in [0.29, 0.717) is 32.6 Å². The van der Waals surface area contributed by atoms with Crippen LogP contribution in [0.2, 0.25) is 0 Å². The molecular formula is C15H19NO4. The van der Waals surface area contributed by atoms with Gasteiger partial charge in [-0.25, -0.2) is 0 Å². The molecular weight excluding hydrogens is 258 g/mol. The van der Waals surface area contributed by atoms with Gasteiger partial charge in [0.05, 0.1) is 13.2 Å². The van der Waals surface area contributed by atoms with Gasteiger partial charge in [0.25, 0.3) is 5.91 Å². The van der Waals surface area contributed by atoms with E-state index < -0.39 is 0 Å². The van der Waals surface area contributed by atoms with Crippen molar-refractivity contribution in [1.29, 1.82) is 0 Å². The molecule has 0 saturated carbocycles. The molecule has 0 fully saturated rings. The van der Waals surface area contributed by atoms with Gasteiger partial charge in [0.2, 0.25) is 0 Å². The van der Waals surface area contributed by atoms with Crippen molar-refractivity contribution >= 4 is 11.9 Å². The van der Waals surface area contributed by atoms with Gasteiger partial charge >= 0.3 is 5.97 Å². The topological polar surface area (TPSA) is 64.6 Å². The fourth-order valence-electron chi connectivity index (χ4n) is 2.13. The molecule has 0 spiro atoms. The molecule has 20 heavy (non-hydrogen) atoms. The Balaban J connectivity index is 1.82. The Morgan fingerprint density at radius 2 is 2.25 bits per heavy atom. The monoisotopic (exact) mass is 277 g/mol. The maximum absolute atomic E-state index is 11.6. The molecule has 5 nitrogen and oxygen atoms in total. The number of nitrogens with one attached hydrogen (secondary N) is 1. The summed E-state index contributed by atoms with van der Waals surface area (Å²) in [6.07, 6.45) is 1.80. The van der Waals surface area contributed by atoms with Gasteiger partial charge in [-0.15, -0.1) is 0 Å². The van der Waals surface area contributed by atoms with Crippen LogP contribution in [0.3, 0.4) is 0 Å². The predicted molar refractivity (Wildman–Crippen MR) is 73.8 cm³/mol. The molecule has 1 N–H and O–H groups in total. The maximum Gasteiger partial charge on any atom is 0.305 e. The Morgan fingerprint density at radius 3 is 3.05 bits per heavy atom. The smallest absolute Gasteiger partial charge is 0.305 e. The third-order valence-corrected chi connectivity index (χ3v) is 3.10. The van der Waals surface area contributed by atoms with Crippen LogP contribution in [0.1, 0.15) is 35.7 Å². The first kappa shape index (κ1) is 14.4. The van der Waals surface area contributed by atoms with Crippen LogP contribution in [-0.2, 0) is 16.0 Å². The Morgan fingerprint density at radius 1 is 1.40 bits per heavy atom. The number of ether oxygens (including phenoxy) is 2. The summed E-state index contributed by atoms with van der Waals surface area (Å²) in [5.74, 6) is 0.514.